The van der Waals surface area contributed by atoms with Crippen LogP contribution in [-0.2, 0) is 32.7 Å². The summed E-state index contributed by atoms with van der Waals surface area (Å²) in [7, 11) is -2.65. The lowest BCUT2D eigenvalue weighted by Crippen LogP contribution is -2.29. The number of ether oxygens (including phenoxy) is 2. The Hall–Kier alpha value is -1.51. The highest BCUT2D eigenvalue weighted by molar-refractivity contribution is 7.47. The van der Waals surface area contributed by atoms with Crippen molar-refractivity contribution < 1.29 is 37.6 Å². The van der Waals surface area contributed by atoms with E-state index < -0.39 is 26.5 Å². The van der Waals surface area contributed by atoms with E-state index in [0.717, 1.165) is 64.2 Å². The van der Waals surface area contributed by atoms with Crippen molar-refractivity contribution in [3.8, 4) is 0 Å². The van der Waals surface area contributed by atoms with Crippen LogP contribution in [0.1, 0.15) is 168 Å². The zero-order chi connectivity index (χ0) is 35.4. The number of hydrogen-bond acceptors (Lipinski definition) is 8. The number of unbranched alkanes of at least 4 members (excludes halogenated alkanes) is 18. The average molecular weight is 702 g/mol. The number of hydrogen-bond donors (Lipinski definition) is 2. The van der Waals surface area contributed by atoms with Gasteiger partial charge in [0, 0.05) is 19.4 Å². The first-order valence-corrected chi connectivity index (χ1v) is 20.8. The summed E-state index contributed by atoms with van der Waals surface area (Å²) < 4.78 is 33.0. The fourth-order valence-corrected chi connectivity index (χ4v) is 5.81. The molecule has 0 rings (SSSR count). The average Bonchev–Trinajstić information content (AvgIpc) is 3.06. The molecule has 0 saturated heterocycles. The Kier molecular flexibility index (Phi) is 34.2. The number of nitrogens with one attached hydrogen (secondary N) is 1. The lowest BCUT2D eigenvalue weighted by Gasteiger charge is -2.20. The van der Waals surface area contributed by atoms with Crippen molar-refractivity contribution in [2.45, 2.75) is 174 Å². The Morgan fingerprint density at radius 1 is 0.625 bits per heavy atom. The Morgan fingerprint density at radius 3 is 1.60 bits per heavy atom. The van der Waals surface area contributed by atoms with Crippen LogP contribution in [0.5, 0.6) is 0 Å². The molecule has 0 amide bonds. The summed E-state index contributed by atoms with van der Waals surface area (Å²) in [5.41, 5.74) is 0. The van der Waals surface area contributed by atoms with Gasteiger partial charge in [-0.05, 0) is 64.8 Å². The zero-order valence-corrected chi connectivity index (χ0v) is 31.8. The van der Waals surface area contributed by atoms with Crippen LogP contribution < -0.4 is 5.32 Å². The van der Waals surface area contributed by atoms with Crippen LogP contribution in [0.4, 0.5) is 0 Å². The fourth-order valence-electron chi connectivity index (χ4n) is 5.06. The molecule has 0 fully saturated rings. The lowest BCUT2D eigenvalue weighted by molar-refractivity contribution is -0.161. The van der Waals surface area contributed by atoms with Gasteiger partial charge in [-0.25, -0.2) is 4.57 Å². The summed E-state index contributed by atoms with van der Waals surface area (Å²) in [5.74, 6) is -0.823. The van der Waals surface area contributed by atoms with Gasteiger partial charge in [-0.3, -0.25) is 18.6 Å². The van der Waals surface area contributed by atoms with Gasteiger partial charge in [-0.2, -0.15) is 0 Å². The van der Waals surface area contributed by atoms with Gasteiger partial charge in [0.2, 0.25) is 0 Å². The van der Waals surface area contributed by atoms with Gasteiger partial charge in [-0.1, -0.05) is 122 Å². The van der Waals surface area contributed by atoms with Gasteiger partial charge < -0.3 is 19.7 Å². The van der Waals surface area contributed by atoms with Crippen molar-refractivity contribution in [3.63, 3.8) is 0 Å². The van der Waals surface area contributed by atoms with Gasteiger partial charge in [-0.15, -0.1) is 0 Å². The minimum Gasteiger partial charge on any atom is -0.462 e. The summed E-state index contributed by atoms with van der Waals surface area (Å²) >= 11 is 0. The summed E-state index contributed by atoms with van der Waals surface area (Å²) in [6.45, 7) is 4.15. The van der Waals surface area contributed by atoms with E-state index in [1.165, 1.54) is 70.6 Å². The minimum absolute atomic E-state index is 0.0184. The summed E-state index contributed by atoms with van der Waals surface area (Å²) in [6.07, 6.45) is 33.6. The van der Waals surface area contributed by atoms with E-state index in [9.17, 15) is 19.0 Å². The van der Waals surface area contributed by atoms with Crippen molar-refractivity contribution in [2.75, 3.05) is 33.4 Å². The number of carbonyl (C=O) groups excluding carboxylic acids is 2. The van der Waals surface area contributed by atoms with E-state index in [0.29, 0.717) is 13.0 Å². The van der Waals surface area contributed by atoms with E-state index in [-0.39, 0.29) is 32.0 Å². The normalized spacial score (nSPS) is 13.7. The zero-order valence-electron chi connectivity index (χ0n) is 30.9. The highest BCUT2D eigenvalue weighted by Gasteiger charge is 2.26. The highest BCUT2D eigenvalue weighted by Crippen LogP contribution is 2.43. The monoisotopic (exact) mass is 701 g/mol. The van der Waals surface area contributed by atoms with Crippen LogP contribution in [-0.4, -0.2) is 56.3 Å². The molecule has 0 aromatic heterocycles. The Morgan fingerprint density at radius 2 is 1.08 bits per heavy atom. The van der Waals surface area contributed by atoms with Gasteiger partial charge in [0.25, 0.3) is 0 Å². The molecule has 0 aromatic carbocycles. The molecule has 0 aromatic rings. The first-order valence-electron chi connectivity index (χ1n) is 19.3. The summed E-state index contributed by atoms with van der Waals surface area (Å²) in [6, 6.07) is 0. The van der Waals surface area contributed by atoms with Gasteiger partial charge in [0.15, 0.2) is 6.10 Å². The molecule has 0 bridgehead atoms. The number of esters is 2. The molecule has 2 atom stereocenters. The molecule has 0 saturated carbocycles. The molecule has 0 heterocycles. The van der Waals surface area contributed by atoms with Crippen molar-refractivity contribution in [1.29, 1.82) is 0 Å². The topological polar surface area (TPSA) is 120 Å². The number of likely N-dealkylation sites (N-methyl/N-ethyl adjacent to an activating group) is 1. The molecular formula is C38H72NO8P. The fraction of sp³-hybridized carbons (Fsp3) is 0.842. The van der Waals surface area contributed by atoms with Crippen LogP contribution in [0.15, 0.2) is 24.3 Å². The van der Waals surface area contributed by atoms with E-state index in [1.807, 2.05) is 0 Å². The quantitative estimate of drug-likeness (QED) is 0.0284. The minimum atomic E-state index is -4.34. The molecule has 0 aliphatic heterocycles. The predicted octanol–water partition coefficient (Wildman–Crippen LogP) is 10.3. The van der Waals surface area contributed by atoms with Crippen LogP contribution in [0, 0.1) is 0 Å². The number of rotatable bonds is 36. The molecule has 0 radical (unpaired) electrons. The van der Waals surface area contributed by atoms with Gasteiger partial charge in [0.05, 0.1) is 13.2 Å². The molecule has 0 spiro atoms. The van der Waals surface area contributed by atoms with Crippen molar-refractivity contribution in [1.82, 2.24) is 5.32 Å². The van der Waals surface area contributed by atoms with Gasteiger partial charge in [0.1, 0.15) is 6.61 Å². The van der Waals surface area contributed by atoms with Crippen molar-refractivity contribution in [3.05, 3.63) is 24.3 Å². The van der Waals surface area contributed by atoms with Crippen LogP contribution in [0.2, 0.25) is 0 Å². The summed E-state index contributed by atoms with van der Waals surface area (Å²) in [5, 5.41) is 2.81. The largest absolute Gasteiger partial charge is 0.472 e. The second-order valence-corrected chi connectivity index (χ2v) is 14.2. The standard InChI is InChI=1S/C38H72NO8P/c1-4-6-8-10-12-14-16-17-18-19-21-22-24-26-28-30-37(40)44-34-36(35-46-48(42,43)45-33-32-39-3)47-38(41)31-29-27-25-23-20-15-13-11-9-7-5-2/h11,13-14,16,36,39H,4-10,12,15,17-35H2,1-3H3,(H,42,43)/b13-11-,16-14-. The third kappa shape index (κ3) is 34.4. The molecule has 9 nitrogen and oxygen atoms in total. The van der Waals surface area contributed by atoms with E-state index in [4.69, 9.17) is 18.5 Å². The third-order valence-corrected chi connectivity index (χ3v) is 9.03. The van der Waals surface area contributed by atoms with Crippen LogP contribution in [0.25, 0.3) is 0 Å². The first kappa shape index (κ1) is 46.5. The smallest absolute Gasteiger partial charge is 0.462 e. The highest BCUT2D eigenvalue weighted by atomic mass is 31.2. The maximum absolute atomic E-state index is 12.5. The Bertz CT molecular complexity index is 851. The maximum Gasteiger partial charge on any atom is 0.472 e. The second-order valence-electron chi connectivity index (χ2n) is 12.8. The SMILES string of the molecule is CCCC/C=C\CCCCCCCC(=O)OC(COC(=O)CCCCCCCCC/C=C\CCCCCC)COP(=O)(O)OCCNC. The predicted molar refractivity (Wildman–Crippen MR) is 197 cm³/mol. The molecule has 48 heavy (non-hydrogen) atoms. The Labute approximate surface area is 294 Å². The number of carbonyl (C=O) groups is 2. The first-order chi connectivity index (χ1) is 23.3. The number of allylic oxidation sites excluding steroid dienone is 4. The van der Waals surface area contributed by atoms with Crippen LogP contribution >= 0.6 is 7.82 Å². The molecule has 2 N–H and O–H groups in total. The molecule has 2 unspecified atom stereocenters. The maximum atomic E-state index is 12.5. The third-order valence-electron chi connectivity index (χ3n) is 8.04. The molecule has 10 heteroatoms. The van der Waals surface area contributed by atoms with Crippen LogP contribution in [0.3, 0.4) is 0 Å². The lowest BCUT2D eigenvalue weighted by atomic mass is 10.1. The molecule has 0 aliphatic carbocycles. The van der Waals surface area contributed by atoms with E-state index >= 15 is 0 Å². The Balaban J connectivity index is 4.28. The number of phosphoric acid groups is 1. The number of phosphoric ester groups is 1. The van der Waals surface area contributed by atoms with E-state index in [2.05, 4.69) is 43.5 Å². The van der Waals surface area contributed by atoms with Gasteiger partial charge >= 0.3 is 19.8 Å². The second kappa shape index (κ2) is 35.3. The van der Waals surface area contributed by atoms with E-state index in [1.54, 1.807) is 7.05 Å². The molecular weight excluding hydrogens is 629 g/mol. The van der Waals surface area contributed by atoms with Crippen molar-refractivity contribution in [2.24, 2.45) is 0 Å². The summed E-state index contributed by atoms with van der Waals surface area (Å²) in [4.78, 5) is 34.8. The van der Waals surface area contributed by atoms with Crippen molar-refractivity contribution >= 4 is 19.8 Å². The molecule has 0 aliphatic rings. The molecule has 282 valence electrons.